The Hall–Kier alpha value is -1.65. The Kier molecular flexibility index (Phi) is 5.96. The van der Waals surface area contributed by atoms with Crippen LogP contribution >= 0.6 is 0 Å². The average molecular weight is 290 g/mol. The monoisotopic (exact) mass is 290 g/mol. The summed E-state index contributed by atoms with van der Waals surface area (Å²) in [4.78, 5) is 11.5. The Morgan fingerprint density at radius 1 is 1.24 bits per heavy atom. The molecule has 0 N–H and O–H groups in total. The van der Waals surface area contributed by atoms with E-state index in [0.717, 1.165) is 12.0 Å². The minimum atomic E-state index is -0.592. The van der Waals surface area contributed by atoms with Gasteiger partial charge in [0.2, 0.25) is 0 Å². The first-order chi connectivity index (χ1) is 10.2. The fraction of sp³-hybridized carbons (Fsp3) is 0.471. The van der Waals surface area contributed by atoms with Crippen molar-refractivity contribution in [3.63, 3.8) is 0 Å². The fourth-order valence-corrected chi connectivity index (χ4v) is 2.30. The van der Waals surface area contributed by atoms with Crippen LogP contribution in [0.2, 0.25) is 0 Å². The van der Waals surface area contributed by atoms with Crippen molar-refractivity contribution in [1.82, 2.24) is 0 Å². The van der Waals surface area contributed by atoms with E-state index in [1.165, 1.54) is 7.11 Å². The maximum absolute atomic E-state index is 11.5. The highest BCUT2D eigenvalue weighted by Gasteiger charge is 2.28. The molecule has 1 aromatic rings. The van der Waals surface area contributed by atoms with E-state index < -0.39 is 6.10 Å². The maximum atomic E-state index is 11.5. The van der Waals surface area contributed by atoms with Gasteiger partial charge in [-0.05, 0) is 18.1 Å². The molecule has 1 heterocycles. The molecule has 4 nitrogen and oxygen atoms in total. The maximum Gasteiger partial charge on any atom is 0.339 e. The number of carbonyl (C=O) groups is 1. The molecule has 114 valence electrons. The molecule has 0 amide bonds. The molecule has 1 aliphatic heterocycles. The summed E-state index contributed by atoms with van der Waals surface area (Å²) in [7, 11) is 1.37. The van der Waals surface area contributed by atoms with E-state index >= 15 is 0 Å². The number of benzene rings is 1. The molecule has 0 unspecified atom stereocenters. The topological polar surface area (TPSA) is 44.8 Å². The zero-order valence-electron chi connectivity index (χ0n) is 12.5. The number of rotatable bonds is 6. The zero-order chi connectivity index (χ0) is 15.1. The van der Waals surface area contributed by atoms with Crippen LogP contribution in [0.1, 0.15) is 18.9 Å². The minimum Gasteiger partial charge on any atom is -0.467 e. The standard InChI is InChI=1S/C17H22O4/c1-13-8-9-16(17(18)19-2)21-15(13)10-11-20-12-14-6-4-3-5-7-14/h3-9,13,15-16H,10-12H2,1-2H3/t13-,15-,16-/m0/s1. The van der Waals surface area contributed by atoms with E-state index in [1.54, 1.807) is 6.08 Å². The summed E-state index contributed by atoms with van der Waals surface area (Å²) < 4.78 is 16.1. The van der Waals surface area contributed by atoms with E-state index in [2.05, 4.69) is 6.92 Å². The molecule has 3 atom stereocenters. The average Bonchev–Trinajstić information content (AvgIpc) is 2.53. The van der Waals surface area contributed by atoms with E-state index in [-0.39, 0.29) is 18.0 Å². The molecule has 0 bridgehead atoms. The number of hydrogen-bond donors (Lipinski definition) is 0. The molecule has 0 aromatic heterocycles. The van der Waals surface area contributed by atoms with Crippen LogP contribution in [-0.4, -0.2) is 31.9 Å². The van der Waals surface area contributed by atoms with Gasteiger partial charge in [-0.25, -0.2) is 4.79 Å². The molecule has 2 rings (SSSR count). The van der Waals surface area contributed by atoms with Gasteiger partial charge in [-0.3, -0.25) is 0 Å². The molecular weight excluding hydrogens is 268 g/mol. The van der Waals surface area contributed by atoms with Crippen LogP contribution in [0, 0.1) is 5.92 Å². The predicted octanol–water partition coefficient (Wildman–Crippen LogP) is 2.73. The zero-order valence-corrected chi connectivity index (χ0v) is 12.5. The van der Waals surface area contributed by atoms with Crippen molar-refractivity contribution < 1.29 is 19.0 Å². The summed E-state index contributed by atoms with van der Waals surface area (Å²) >= 11 is 0. The third-order valence-electron chi connectivity index (χ3n) is 3.59. The second-order valence-electron chi connectivity index (χ2n) is 5.19. The van der Waals surface area contributed by atoms with Crippen molar-refractivity contribution in [2.24, 2.45) is 5.92 Å². The number of hydrogen-bond acceptors (Lipinski definition) is 4. The van der Waals surface area contributed by atoms with Crippen LogP contribution in [0.4, 0.5) is 0 Å². The highest BCUT2D eigenvalue weighted by molar-refractivity contribution is 5.76. The lowest BCUT2D eigenvalue weighted by Crippen LogP contribution is -2.36. The number of methoxy groups -OCH3 is 1. The lowest BCUT2D eigenvalue weighted by Gasteiger charge is -2.29. The molecule has 0 saturated carbocycles. The first-order valence-electron chi connectivity index (χ1n) is 7.24. The molecule has 0 spiro atoms. The molecule has 21 heavy (non-hydrogen) atoms. The van der Waals surface area contributed by atoms with Gasteiger partial charge in [0.15, 0.2) is 6.10 Å². The predicted molar refractivity (Wildman–Crippen MR) is 79.7 cm³/mol. The van der Waals surface area contributed by atoms with Gasteiger partial charge in [0.1, 0.15) is 0 Å². The van der Waals surface area contributed by atoms with E-state index in [4.69, 9.17) is 14.2 Å². The van der Waals surface area contributed by atoms with Crippen molar-refractivity contribution in [3.05, 3.63) is 48.0 Å². The summed E-state index contributed by atoms with van der Waals surface area (Å²) in [5.74, 6) is -0.0837. The van der Waals surface area contributed by atoms with Crippen molar-refractivity contribution >= 4 is 5.97 Å². The summed E-state index contributed by atoms with van der Waals surface area (Å²) in [5.41, 5.74) is 1.16. The summed E-state index contributed by atoms with van der Waals surface area (Å²) in [6.45, 7) is 3.27. The van der Waals surface area contributed by atoms with Gasteiger partial charge in [0, 0.05) is 12.5 Å². The normalized spacial score (nSPS) is 24.8. The summed E-state index contributed by atoms with van der Waals surface area (Å²) in [6, 6.07) is 10.1. The highest BCUT2D eigenvalue weighted by Crippen LogP contribution is 2.22. The number of ether oxygens (including phenoxy) is 3. The molecule has 0 fully saturated rings. The third kappa shape index (κ3) is 4.69. The van der Waals surface area contributed by atoms with Crippen LogP contribution in [-0.2, 0) is 25.6 Å². The summed E-state index contributed by atoms with van der Waals surface area (Å²) in [5, 5.41) is 0. The minimum absolute atomic E-state index is 0.0186. The van der Waals surface area contributed by atoms with Crippen LogP contribution in [0.15, 0.2) is 42.5 Å². The van der Waals surface area contributed by atoms with Gasteiger partial charge in [-0.2, -0.15) is 0 Å². The SMILES string of the molecule is COC(=O)[C@@H]1C=C[C@H](C)[C@H](CCOCc2ccccc2)O1. The van der Waals surface area contributed by atoms with Crippen molar-refractivity contribution in [1.29, 1.82) is 0 Å². The Bertz CT molecular complexity index is 469. The van der Waals surface area contributed by atoms with Gasteiger partial charge >= 0.3 is 5.97 Å². The van der Waals surface area contributed by atoms with Crippen LogP contribution in [0.25, 0.3) is 0 Å². The fourth-order valence-electron chi connectivity index (χ4n) is 2.30. The second-order valence-corrected chi connectivity index (χ2v) is 5.19. The van der Waals surface area contributed by atoms with Crippen LogP contribution in [0.5, 0.6) is 0 Å². The van der Waals surface area contributed by atoms with Crippen molar-refractivity contribution in [2.75, 3.05) is 13.7 Å². The molecule has 0 aliphatic carbocycles. The van der Waals surface area contributed by atoms with Crippen LogP contribution < -0.4 is 0 Å². The molecular formula is C17H22O4. The quantitative estimate of drug-likeness (QED) is 0.459. The van der Waals surface area contributed by atoms with E-state index in [0.29, 0.717) is 13.2 Å². The number of carbonyl (C=O) groups excluding carboxylic acids is 1. The molecule has 0 saturated heterocycles. The second kappa shape index (κ2) is 7.96. The van der Waals surface area contributed by atoms with Gasteiger partial charge in [-0.15, -0.1) is 0 Å². The number of esters is 1. The lowest BCUT2D eigenvalue weighted by atomic mass is 9.98. The largest absolute Gasteiger partial charge is 0.467 e. The highest BCUT2D eigenvalue weighted by atomic mass is 16.6. The van der Waals surface area contributed by atoms with Gasteiger partial charge < -0.3 is 14.2 Å². The van der Waals surface area contributed by atoms with Gasteiger partial charge in [-0.1, -0.05) is 43.3 Å². The molecule has 4 heteroatoms. The van der Waals surface area contributed by atoms with E-state index in [9.17, 15) is 4.79 Å². The lowest BCUT2D eigenvalue weighted by molar-refractivity contribution is -0.157. The van der Waals surface area contributed by atoms with Crippen molar-refractivity contribution in [3.8, 4) is 0 Å². The Labute approximate surface area is 125 Å². The smallest absolute Gasteiger partial charge is 0.339 e. The molecule has 1 aromatic carbocycles. The van der Waals surface area contributed by atoms with Crippen molar-refractivity contribution in [2.45, 2.75) is 32.2 Å². The third-order valence-corrected chi connectivity index (χ3v) is 3.59. The first-order valence-corrected chi connectivity index (χ1v) is 7.24. The Balaban J connectivity index is 1.75. The van der Waals surface area contributed by atoms with Gasteiger partial charge in [0.25, 0.3) is 0 Å². The molecule has 1 aliphatic rings. The Morgan fingerprint density at radius 2 is 2.00 bits per heavy atom. The summed E-state index contributed by atoms with van der Waals surface area (Å²) in [6.07, 6.45) is 3.91. The van der Waals surface area contributed by atoms with Gasteiger partial charge in [0.05, 0.1) is 19.8 Å². The van der Waals surface area contributed by atoms with Crippen LogP contribution in [0.3, 0.4) is 0 Å². The first kappa shape index (κ1) is 15.7. The Morgan fingerprint density at radius 3 is 2.71 bits per heavy atom. The van der Waals surface area contributed by atoms with E-state index in [1.807, 2.05) is 36.4 Å². The molecule has 0 radical (unpaired) electrons.